The Morgan fingerprint density at radius 2 is 1.86 bits per heavy atom. The fourth-order valence-corrected chi connectivity index (χ4v) is 2.57. The molecule has 0 aromatic heterocycles. The standard InChI is InChI=1S/C12H21NO/c1-8-6-9(2)10(3)13(7-8)12(14)11-4-5-11/h8-11H,4-7H2,1-3H3. The van der Waals surface area contributed by atoms with Crippen LogP contribution in [0.1, 0.15) is 40.0 Å². The van der Waals surface area contributed by atoms with E-state index in [-0.39, 0.29) is 0 Å². The van der Waals surface area contributed by atoms with Crippen molar-refractivity contribution in [2.45, 2.75) is 46.1 Å². The molecule has 2 rings (SSSR count). The monoisotopic (exact) mass is 195 g/mol. The highest BCUT2D eigenvalue weighted by atomic mass is 16.2. The first kappa shape index (κ1) is 10.0. The summed E-state index contributed by atoms with van der Waals surface area (Å²) >= 11 is 0. The molecule has 14 heavy (non-hydrogen) atoms. The molecule has 3 unspecified atom stereocenters. The molecule has 3 atom stereocenters. The van der Waals surface area contributed by atoms with E-state index in [0.717, 1.165) is 19.4 Å². The molecule has 0 N–H and O–H groups in total. The zero-order valence-corrected chi connectivity index (χ0v) is 9.49. The summed E-state index contributed by atoms with van der Waals surface area (Å²) in [6.45, 7) is 7.72. The Morgan fingerprint density at radius 1 is 1.21 bits per heavy atom. The normalized spacial score (nSPS) is 38.5. The van der Waals surface area contributed by atoms with Gasteiger partial charge >= 0.3 is 0 Å². The van der Waals surface area contributed by atoms with Crippen molar-refractivity contribution in [3.05, 3.63) is 0 Å². The van der Waals surface area contributed by atoms with Gasteiger partial charge in [-0.25, -0.2) is 0 Å². The van der Waals surface area contributed by atoms with Crippen LogP contribution in [-0.2, 0) is 4.79 Å². The molecule has 0 aromatic carbocycles. The Kier molecular flexibility index (Phi) is 2.54. The van der Waals surface area contributed by atoms with E-state index in [9.17, 15) is 4.79 Å². The molecule has 2 heteroatoms. The minimum atomic E-state index is 0.384. The molecule has 0 radical (unpaired) electrons. The first-order chi connectivity index (χ1) is 6.59. The first-order valence-corrected chi connectivity index (χ1v) is 5.90. The van der Waals surface area contributed by atoms with Gasteiger partial charge in [0.05, 0.1) is 0 Å². The fourth-order valence-electron chi connectivity index (χ4n) is 2.57. The Morgan fingerprint density at radius 3 is 2.43 bits per heavy atom. The van der Waals surface area contributed by atoms with Crippen molar-refractivity contribution < 1.29 is 4.79 Å². The Balaban J connectivity index is 2.04. The molecule has 2 aliphatic rings. The molecular formula is C12H21NO. The number of hydrogen-bond acceptors (Lipinski definition) is 1. The Hall–Kier alpha value is -0.530. The molecule has 1 aliphatic carbocycles. The highest BCUT2D eigenvalue weighted by molar-refractivity contribution is 5.81. The number of piperidine rings is 1. The van der Waals surface area contributed by atoms with Crippen molar-refractivity contribution in [2.24, 2.45) is 17.8 Å². The maximum Gasteiger partial charge on any atom is 0.225 e. The number of carbonyl (C=O) groups is 1. The van der Waals surface area contributed by atoms with Crippen molar-refractivity contribution in [1.29, 1.82) is 0 Å². The molecule has 1 amide bonds. The minimum Gasteiger partial charge on any atom is -0.339 e. The third kappa shape index (κ3) is 1.79. The van der Waals surface area contributed by atoms with E-state index in [1.165, 1.54) is 6.42 Å². The van der Waals surface area contributed by atoms with Gasteiger partial charge in [-0.3, -0.25) is 4.79 Å². The van der Waals surface area contributed by atoms with Gasteiger partial charge in [-0.1, -0.05) is 13.8 Å². The summed E-state index contributed by atoms with van der Waals surface area (Å²) in [4.78, 5) is 14.1. The molecule has 2 fully saturated rings. The van der Waals surface area contributed by atoms with Crippen LogP contribution in [0, 0.1) is 17.8 Å². The van der Waals surface area contributed by atoms with Gasteiger partial charge in [0.2, 0.25) is 5.91 Å². The van der Waals surface area contributed by atoms with Crippen molar-refractivity contribution in [3.63, 3.8) is 0 Å². The summed E-state index contributed by atoms with van der Waals surface area (Å²) in [6, 6.07) is 0.458. The van der Waals surface area contributed by atoms with Crippen LogP contribution >= 0.6 is 0 Å². The van der Waals surface area contributed by atoms with E-state index in [1.54, 1.807) is 0 Å². The van der Waals surface area contributed by atoms with E-state index in [4.69, 9.17) is 0 Å². The van der Waals surface area contributed by atoms with E-state index in [0.29, 0.717) is 29.7 Å². The van der Waals surface area contributed by atoms with Crippen LogP contribution in [0.4, 0.5) is 0 Å². The average molecular weight is 195 g/mol. The molecule has 1 aliphatic heterocycles. The molecule has 0 spiro atoms. The number of amides is 1. The van der Waals surface area contributed by atoms with Gasteiger partial charge in [0, 0.05) is 18.5 Å². The van der Waals surface area contributed by atoms with Gasteiger partial charge in [-0.2, -0.15) is 0 Å². The maximum absolute atomic E-state index is 12.0. The third-order valence-electron chi connectivity index (χ3n) is 3.81. The molecule has 1 saturated carbocycles. The van der Waals surface area contributed by atoms with Crippen LogP contribution in [0.15, 0.2) is 0 Å². The van der Waals surface area contributed by atoms with Crippen LogP contribution in [0.25, 0.3) is 0 Å². The largest absolute Gasteiger partial charge is 0.339 e. The van der Waals surface area contributed by atoms with E-state index < -0.39 is 0 Å². The fraction of sp³-hybridized carbons (Fsp3) is 0.917. The van der Waals surface area contributed by atoms with Crippen LogP contribution in [0.2, 0.25) is 0 Å². The smallest absolute Gasteiger partial charge is 0.225 e. The molecule has 1 heterocycles. The molecule has 0 aromatic rings. The van der Waals surface area contributed by atoms with Gasteiger partial charge in [-0.15, -0.1) is 0 Å². The summed E-state index contributed by atoms with van der Waals surface area (Å²) in [5.41, 5.74) is 0. The zero-order chi connectivity index (χ0) is 10.3. The quantitative estimate of drug-likeness (QED) is 0.628. The number of carbonyl (C=O) groups excluding carboxylic acids is 1. The van der Waals surface area contributed by atoms with Gasteiger partial charge < -0.3 is 4.90 Å². The van der Waals surface area contributed by atoms with Crippen molar-refractivity contribution in [3.8, 4) is 0 Å². The summed E-state index contributed by atoms with van der Waals surface area (Å²) in [5.74, 6) is 2.16. The number of hydrogen-bond donors (Lipinski definition) is 0. The molecule has 2 nitrogen and oxygen atoms in total. The zero-order valence-electron chi connectivity index (χ0n) is 9.49. The second-order valence-electron chi connectivity index (χ2n) is 5.32. The molecule has 1 saturated heterocycles. The van der Waals surface area contributed by atoms with E-state index in [2.05, 4.69) is 25.7 Å². The Bertz CT molecular complexity index is 234. The summed E-state index contributed by atoms with van der Waals surface area (Å²) in [5, 5.41) is 0. The first-order valence-electron chi connectivity index (χ1n) is 5.90. The SMILES string of the molecule is CC1CC(C)C(C)N(C(=O)C2CC2)C1. The molecular weight excluding hydrogens is 174 g/mol. The molecule has 0 bridgehead atoms. The van der Waals surface area contributed by atoms with Crippen molar-refractivity contribution in [2.75, 3.05) is 6.54 Å². The van der Waals surface area contributed by atoms with Crippen molar-refractivity contribution >= 4 is 5.91 Å². The lowest BCUT2D eigenvalue weighted by Gasteiger charge is -2.41. The van der Waals surface area contributed by atoms with Gasteiger partial charge in [0.15, 0.2) is 0 Å². The lowest BCUT2D eigenvalue weighted by atomic mass is 9.86. The van der Waals surface area contributed by atoms with Gasteiger partial charge in [-0.05, 0) is 38.0 Å². The predicted octanol–water partition coefficient (Wildman–Crippen LogP) is 2.29. The number of rotatable bonds is 1. The lowest BCUT2D eigenvalue weighted by Crippen LogP contribution is -2.49. The predicted molar refractivity (Wildman–Crippen MR) is 56.8 cm³/mol. The highest BCUT2D eigenvalue weighted by Gasteiger charge is 2.39. The summed E-state index contributed by atoms with van der Waals surface area (Å²) in [6.07, 6.45) is 3.53. The average Bonchev–Trinajstić information content (AvgIpc) is 2.93. The lowest BCUT2D eigenvalue weighted by molar-refractivity contribution is -0.138. The second kappa shape index (κ2) is 3.56. The van der Waals surface area contributed by atoms with Crippen molar-refractivity contribution in [1.82, 2.24) is 4.90 Å². The van der Waals surface area contributed by atoms with Crippen LogP contribution in [-0.4, -0.2) is 23.4 Å². The third-order valence-corrected chi connectivity index (χ3v) is 3.81. The van der Waals surface area contributed by atoms with Gasteiger partial charge in [0.1, 0.15) is 0 Å². The minimum absolute atomic E-state index is 0.384. The number of nitrogens with zero attached hydrogens (tertiary/aromatic N) is 1. The number of likely N-dealkylation sites (tertiary alicyclic amines) is 1. The van der Waals surface area contributed by atoms with E-state index in [1.807, 2.05) is 0 Å². The van der Waals surface area contributed by atoms with Crippen LogP contribution in [0.5, 0.6) is 0 Å². The topological polar surface area (TPSA) is 20.3 Å². The highest BCUT2D eigenvalue weighted by Crippen LogP contribution is 2.35. The molecule has 80 valence electrons. The Labute approximate surface area is 86.7 Å². The summed E-state index contributed by atoms with van der Waals surface area (Å²) in [7, 11) is 0. The maximum atomic E-state index is 12.0. The van der Waals surface area contributed by atoms with Gasteiger partial charge in [0.25, 0.3) is 0 Å². The summed E-state index contributed by atoms with van der Waals surface area (Å²) < 4.78 is 0. The second-order valence-corrected chi connectivity index (χ2v) is 5.32. The van der Waals surface area contributed by atoms with Crippen LogP contribution in [0.3, 0.4) is 0 Å². The van der Waals surface area contributed by atoms with Crippen LogP contribution < -0.4 is 0 Å². The van der Waals surface area contributed by atoms with E-state index >= 15 is 0 Å².